The first kappa shape index (κ1) is 49.8. The zero-order valence-electron chi connectivity index (χ0n) is 34.2. The highest BCUT2D eigenvalue weighted by Gasteiger charge is 2.26. The number of nitrogens with one attached hydrogen (secondary N) is 1. The molecule has 0 bridgehead atoms. The molecule has 5 nitrogen and oxygen atoms in total. The fourth-order valence-electron chi connectivity index (χ4n) is 7.00. The number of unbranched alkanes of at least 4 members (excludes halogenated alkanes) is 29. The van der Waals surface area contributed by atoms with Crippen LogP contribution in [0.4, 0.5) is 0 Å². The van der Waals surface area contributed by atoms with E-state index in [1.165, 1.54) is 167 Å². The molecule has 4 N–H and O–H groups in total. The number of amides is 1. The Hall–Kier alpha value is -1.17. The molecular weight excluding hydrogens is 631 g/mol. The molecule has 3 atom stereocenters. The van der Waals surface area contributed by atoms with Crippen molar-refractivity contribution in [3.63, 3.8) is 0 Å². The Balaban J connectivity index is 3.67. The van der Waals surface area contributed by atoms with Gasteiger partial charge in [-0.1, -0.05) is 205 Å². The molecule has 0 saturated heterocycles. The monoisotopic (exact) mass is 720 g/mol. The minimum atomic E-state index is -1.16. The first-order valence-corrected chi connectivity index (χ1v) is 22.6. The van der Waals surface area contributed by atoms with Crippen molar-refractivity contribution < 1.29 is 20.1 Å². The van der Waals surface area contributed by atoms with Crippen molar-refractivity contribution in [1.29, 1.82) is 0 Å². The summed E-state index contributed by atoms with van der Waals surface area (Å²) in [6.45, 7) is 4.17. The lowest BCUT2D eigenvalue weighted by Crippen LogP contribution is -2.50. The number of aliphatic hydroxyl groups excluding tert-OH is 3. The standard InChI is InChI=1S/C46H89NO4/c1-3-5-7-9-11-13-15-17-19-20-21-22-23-24-25-27-28-30-32-34-36-38-40-44(49)46(51)43(42-48)47-45(50)41-39-37-35-33-31-29-26-18-16-14-12-10-8-6-4-2/h25,27,32,34,43-44,46,48-49,51H,3-24,26,28-31,33,35-42H2,1-2H3,(H,47,50)/b27-25+,34-32+. The molecule has 0 aromatic heterocycles. The molecule has 3 unspecified atom stereocenters. The Labute approximate surface area is 318 Å². The highest BCUT2D eigenvalue weighted by molar-refractivity contribution is 5.76. The van der Waals surface area contributed by atoms with Crippen LogP contribution in [0.2, 0.25) is 0 Å². The quantitative estimate of drug-likeness (QED) is 0.0374. The largest absolute Gasteiger partial charge is 0.394 e. The van der Waals surface area contributed by atoms with Crippen molar-refractivity contribution in [1.82, 2.24) is 5.32 Å². The summed E-state index contributed by atoms with van der Waals surface area (Å²) in [6.07, 6.45) is 50.1. The predicted octanol–water partition coefficient (Wildman–Crippen LogP) is 13.0. The maximum atomic E-state index is 12.4. The van der Waals surface area contributed by atoms with E-state index in [1.54, 1.807) is 0 Å². The van der Waals surface area contributed by atoms with Gasteiger partial charge in [-0.3, -0.25) is 4.79 Å². The molecule has 0 heterocycles. The van der Waals surface area contributed by atoms with Crippen LogP contribution in [0.3, 0.4) is 0 Å². The number of carbonyl (C=O) groups is 1. The second-order valence-corrected chi connectivity index (χ2v) is 15.6. The average Bonchev–Trinajstić information content (AvgIpc) is 3.13. The van der Waals surface area contributed by atoms with E-state index < -0.39 is 18.2 Å². The van der Waals surface area contributed by atoms with E-state index in [9.17, 15) is 20.1 Å². The second-order valence-electron chi connectivity index (χ2n) is 15.6. The van der Waals surface area contributed by atoms with Gasteiger partial charge in [0.2, 0.25) is 5.91 Å². The van der Waals surface area contributed by atoms with Crippen molar-refractivity contribution in [2.24, 2.45) is 0 Å². The summed E-state index contributed by atoms with van der Waals surface area (Å²) < 4.78 is 0. The van der Waals surface area contributed by atoms with Gasteiger partial charge in [-0.05, 0) is 51.4 Å². The lowest BCUT2D eigenvalue weighted by molar-refractivity contribution is -0.124. The van der Waals surface area contributed by atoms with E-state index in [1.807, 2.05) is 0 Å². The minimum Gasteiger partial charge on any atom is -0.394 e. The van der Waals surface area contributed by atoms with Gasteiger partial charge in [-0.2, -0.15) is 0 Å². The van der Waals surface area contributed by atoms with Crippen molar-refractivity contribution in [2.75, 3.05) is 6.61 Å². The Bertz CT molecular complexity index is 754. The summed E-state index contributed by atoms with van der Waals surface area (Å²) in [5.74, 6) is -0.156. The van der Waals surface area contributed by atoms with E-state index in [0.29, 0.717) is 12.8 Å². The third-order valence-corrected chi connectivity index (χ3v) is 10.5. The van der Waals surface area contributed by atoms with E-state index >= 15 is 0 Å². The van der Waals surface area contributed by atoms with Crippen molar-refractivity contribution in [2.45, 2.75) is 257 Å². The molecule has 51 heavy (non-hydrogen) atoms. The molecule has 0 radical (unpaired) electrons. The van der Waals surface area contributed by atoms with Crippen LogP contribution in [0, 0.1) is 0 Å². The number of allylic oxidation sites excluding steroid dienone is 4. The van der Waals surface area contributed by atoms with Crippen LogP contribution in [0.25, 0.3) is 0 Å². The zero-order chi connectivity index (χ0) is 37.3. The van der Waals surface area contributed by atoms with Gasteiger partial charge in [0.05, 0.1) is 18.8 Å². The fourth-order valence-corrected chi connectivity index (χ4v) is 7.00. The highest BCUT2D eigenvalue weighted by atomic mass is 16.3. The Kier molecular flexibility index (Phi) is 40.6. The Morgan fingerprint density at radius 3 is 1.20 bits per heavy atom. The van der Waals surface area contributed by atoms with Crippen LogP contribution in [0.15, 0.2) is 24.3 Å². The predicted molar refractivity (Wildman–Crippen MR) is 222 cm³/mol. The van der Waals surface area contributed by atoms with E-state index in [0.717, 1.165) is 44.9 Å². The number of aliphatic hydroxyl groups is 3. The average molecular weight is 720 g/mol. The maximum Gasteiger partial charge on any atom is 0.220 e. The van der Waals surface area contributed by atoms with Crippen LogP contribution in [-0.2, 0) is 4.79 Å². The molecule has 0 aliphatic rings. The van der Waals surface area contributed by atoms with Gasteiger partial charge in [0.1, 0.15) is 6.10 Å². The van der Waals surface area contributed by atoms with Gasteiger partial charge in [-0.15, -0.1) is 0 Å². The van der Waals surface area contributed by atoms with E-state index in [-0.39, 0.29) is 12.5 Å². The van der Waals surface area contributed by atoms with Gasteiger partial charge in [-0.25, -0.2) is 0 Å². The molecule has 0 aliphatic carbocycles. The molecule has 0 fully saturated rings. The second kappa shape index (κ2) is 41.6. The minimum absolute atomic E-state index is 0.156. The Morgan fingerprint density at radius 1 is 0.471 bits per heavy atom. The molecule has 0 aromatic rings. The summed E-state index contributed by atoms with van der Waals surface area (Å²) in [7, 11) is 0. The van der Waals surface area contributed by atoms with Crippen LogP contribution in [0.5, 0.6) is 0 Å². The molecule has 302 valence electrons. The van der Waals surface area contributed by atoms with E-state index in [2.05, 4.69) is 43.5 Å². The van der Waals surface area contributed by atoms with Crippen LogP contribution < -0.4 is 5.32 Å². The highest BCUT2D eigenvalue weighted by Crippen LogP contribution is 2.16. The SMILES string of the molecule is CCCCCCCCCCCCCCC/C=C/CC/C=C/CCCC(O)C(O)C(CO)NC(=O)CCCCCCCCCCCCCCCCC. The molecule has 0 aromatic carbocycles. The van der Waals surface area contributed by atoms with Crippen molar-refractivity contribution in [3.8, 4) is 0 Å². The summed E-state index contributed by atoms with van der Waals surface area (Å²) in [6, 6.07) is -0.828. The number of carbonyl (C=O) groups excluding carboxylic acids is 1. The van der Waals surface area contributed by atoms with Crippen molar-refractivity contribution >= 4 is 5.91 Å². The lowest BCUT2D eigenvalue weighted by atomic mass is 10.0. The van der Waals surface area contributed by atoms with Crippen LogP contribution in [0.1, 0.15) is 239 Å². The zero-order valence-corrected chi connectivity index (χ0v) is 34.2. The fraction of sp³-hybridized carbons (Fsp3) is 0.891. The Morgan fingerprint density at radius 2 is 0.804 bits per heavy atom. The summed E-state index contributed by atoms with van der Waals surface area (Å²) in [5, 5.41) is 33.5. The van der Waals surface area contributed by atoms with Gasteiger partial charge in [0, 0.05) is 6.42 Å². The number of hydrogen-bond donors (Lipinski definition) is 4. The van der Waals surface area contributed by atoms with Gasteiger partial charge < -0.3 is 20.6 Å². The molecule has 5 heteroatoms. The van der Waals surface area contributed by atoms with Gasteiger partial charge in [0.15, 0.2) is 0 Å². The van der Waals surface area contributed by atoms with Gasteiger partial charge in [0.25, 0.3) is 0 Å². The van der Waals surface area contributed by atoms with Gasteiger partial charge >= 0.3 is 0 Å². The first-order valence-electron chi connectivity index (χ1n) is 22.6. The smallest absolute Gasteiger partial charge is 0.220 e. The molecule has 0 aliphatic heterocycles. The van der Waals surface area contributed by atoms with Crippen molar-refractivity contribution in [3.05, 3.63) is 24.3 Å². The number of hydrogen-bond acceptors (Lipinski definition) is 4. The third-order valence-electron chi connectivity index (χ3n) is 10.5. The molecule has 1 amide bonds. The molecule has 0 rings (SSSR count). The first-order chi connectivity index (χ1) is 25.1. The summed E-state index contributed by atoms with van der Waals surface area (Å²) in [5.41, 5.74) is 0. The third kappa shape index (κ3) is 37.0. The summed E-state index contributed by atoms with van der Waals surface area (Å²) in [4.78, 5) is 12.4. The molecular formula is C46H89NO4. The normalized spacial score (nSPS) is 13.7. The topological polar surface area (TPSA) is 89.8 Å². The number of rotatable bonds is 41. The lowest BCUT2D eigenvalue weighted by Gasteiger charge is -2.26. The molecule has 0 spiro atoms. The van der Waals surface area contributed by atoms with Crippen LogP contribution >= 0.6 is 0 Å². The summed E-state index contributed by atoms with van der Waals surface area (Å²) >= 11 is 0. The molecule has 0 saturated carbocycles. The van der Waals surface area contributed by atoms with Crippen LogP contribution in [-0.4, -0.2) is 46.1 Å². The maximum absolute atomic E-state index is 12.4. The van der Waals surface area contributed by atoms with E-state index in [4.69, 9.17) is 0 Å².